The number of para-hydroxylation sites is 2. The molecule has 6 nitrogen and oxygen atoms in total. The van der Waals surface area contributed by atoms with Gasteiger partial charge in [-0.05, 0) is 37.1 Å². The number of hydrogen-bond acceptors (Lipinski definition) is 3. The van der Waals surface area contributed by atoms with Gasteiger partial charge in [-0.1, -0.05) is 36.4 Å². The van der Waals surface area contributed by atoms with Crippen LogP contribution in [0.3, 0.4) is 0 Å². The van der Waals surface area contributed by atoms with E-state index in [2.05, 4.69) is 65.2 Å². The Bertz CT molecular complexity index is 821. The van der Waals surface area contributed by atoms with E-state index in [1.807, 2.05) is 24.3 Å². The highest BCUT2D eigenvalue weighted by Gasteiger charge is 2.24. The molecule has 0 spiro atoms. The van der Waals surface area contributed by atoms with Crippen molar-refractivity contribution in [1.29, 1.82) is 0 Å². The molecular formula is C23H31N5O. The van der Waals surface area contributed by atoms with Crippen molar-refractivity contribution in [2.24, 2.45) is 4.99 Å². The highest BCUT2D eigenvalue weighted by Crippen LogP contribution is 2.31. The lowest BCUT2D eigenvalue weighted by molar-refractivity contribution is -0.116. The molecule has 0 bridgehead atoms. The predicted molar refractivity (Wildman–Crippen MR) is 121 cm³/mol. The molecular weight excluding hydrogens is 362 g/mol. The van der Waals surface area contributed by atoms with Crippen molar-refractivity contribution in [3.8, 4) is 0 Å². The first-order valence-corrected chi connectivity index (χ1v) is 10.3. The van der Waals surface area contributed by atoms with E-state index in [-0.39, 0.29) is 11.8 Å². The van der Waals surface area contributed by atoms with Crippen LogP contribution in [0, 0.1) is 0 Å². The summed E-state index contributed by atoms with van der Waals surface area (Å²) in [5.74, 6) is 0.976. The monoisotopic (exact) mass is 393 g/mol. The summed E-state index contributed by atoms with van der Waals surface area (Å²) in [5, 5.41) is 9.66. The van der Waals surface area contributed by atoms with E-state index >= 15 is 0 Å². The molecule has 1 heterocycles. The Labute approximate surface area is 173 Å². The van der Waals surface area contributed by atoms with Crippen LogP contribution >= 0.6 is 0 Å². The zero-order chi connectivity index (χ0) is 20.5. The molecule has 2 aromatic rings. The standard InChI is InChI=1S/C23H31N5O/c1-3-24-23(25-14-9-15-28(2)19-10-5-4-6-11-19)26-17-18-16-22(29)27-21-13-8-7-12-20(18)21/h4-8,10-13,18H,3,9,14-17H2,1-2H3,(H,27,29)(H2,24,25,26). The fourth-order valence-electron chi connectivity index (χ4n) is 3.54. The average molecular weight is 394 g/mol. The van der Waals surface area contributed by atoms with Crippen molar-refractivity contribution in [1.82, 2.24) is 10.6 Å². The van der Waals surface area contributed by atoms with E-state index in [1.165, 1.54) is 5.69 Å². The highest BCUT2D eigenvalue weighted by molar-refractivity contribution is 5.94. The molecule has 0 fully saturated rings. The maximum atomic E-state index is 12.0. The topological polar surface area (TPSA) is 68.8 Å². The van der Waals surface area contributed by atoms with Gasteiger partial charge in [-0.2, -0.15) is 0 Å². The van der Waals surface area contributed by atoms with Crippen LogP contribution in [-0.2, 0) is 4.79 Å². The number of aliphatic imine (C=N–C) groups is 1. The Morgan fingerprint density at radius 2 is 1.90 bits per heavy atom. The summed E-state index contributed by atoms with van der Waals surface area (Å²) in [6, 6.07) is 18.4. The van der Waals surface area contributed by atoms with E-state index in [9.17, 15) is 4.79 Å². The predicted octanol–water partition coefficient (Wildman–Crippen LogP) is 3.19. The van der Waals surface area contributed by atoms with Gasteiger partial charge in [0.05, 0.1) is 6.54 Å². The summed E-state index contributed by atoms with van der Waals surface area (Å²) in [5.41, 5.74) is 3.30. The van der Waals surface area contributed by atoms with Gasteiger partial charge >= 0.3 is 0 Å². The molecule has 1 unspecified atom stereocenters. The third-order valence-corrected chi connectivity index (χ3v) is 5.08. The molecule has 3 rings (SSSR count). The molecule has 29 heavy (non-hydrogen) atoms. The Balaban J connectivity index is 1.52. The third-order valence-electron chi connectivity index (χ3n) is 5.08. The Hall–Kier alpha value is -3.02. The molecule has 0 radical (unpaired) electrons. The first kappa shape index (κ1) is 20.7. The van der Waals surface area contributed by atoms with Gasteiger partial charge in [0.15, 0.2) is 5.96 Å². The molecule has 0 saturated carbocycles. The number of hydrogen-bond donors (Lipinski definition) is 3. The molecule has 1 amide bonds. The number of nitrogens with one attached hydrogen (secondary N) is 3. The van der Waals surface area contributed by atoms with Gasteiger partial charge in [-0.25, -0.2) is 0 Å². The van der Waals surface area contributed by atoms with Gasteiger partial charge in [0, 0.05) is 50.4 Å². The van der Waals surface area contributed by atoms with Crippen molar-refractivity contribution < 1.29 is 4.79 Å². The van der Waals surface area contributed by atoms with E-state index < -0.39 is 0 Å². The molecule has 1 atom stereocenters. The summed E-state index contributed by atoms with van der Waals surface area (Å²) >= 11 is 0. The molecule has 2 aromatic carbocycles. The van der Waals surface area contributed by atoms with Crippen LogP contribution in [0.2, 0.25) is 0 Å². The Morgan fingerprint density at radius 3 is 2.69 bits per heavy atom. The fourth-order valence-corrected chi connectivity index (χ4v) is 3.54. The van der Waals surface area contributed by atoms with Crippen molar-refractivity contribution >= 4 is 23.2 Å². The van der Waals surface area contributed by atoms with Crippen molar-refractivity contribution in [2.45, 2.75) is 25.7 Å². The smallest absolute Gasteiger partial charge is 0.225 e. The molecule has 0 aromatic heterocycles. The largest absolute Gasteiger partial charge is 0.375 e. The zero-order valence-corrected chi connectivity index (χ0v) is 17.3. The number of anilines is 2. The Morgan fingerprint density at radius 1 is 1.14 bits per heavy atom. The van der Waals surface area contributed by atoms with Crippen LogP contribution in [0.25, 0.3) is 0 Å². The number of guanidine groups is 1. The summed E-state index contributed by atoms with van der Waals surface area (Å²) in [4.78, 5) is 19.0. The molecule has 1 aliphatic rings. The molecule has 0 saturated heterocycles. The first-order valence-electron chi connectivity index (χ1n) is 10.3. The number of carbonyl (C=O) groups is 1. The van der Waals surface area contributed by atoms with E-state index in [0.29, 0.717) is 13.0 Å². The van der Waals surface area contributed by atoms with Gasteiger partial charge in [0.1, 0.15) is 0 Å². The van der Waals surface area contributed by atoms with Gasteiger partial charge in [0.2, 0.25) is 5.91 Å². The summed E-state index contributed by atoms with van der Waals surface area (Å²) in [7, 11) is 2.11. The second kappa shape index (κ2) is 10.5. The zero-order valence-electron chi connectivity index (χ0n) is 17.3. The van der Waals surface area contributed by atoms with Crippen LogP contribution in [-0.4, -0.2) is 45.1 Å². The molecule has 154 valence electrons. The normalized spacial score (nSPS) is 16.0. The summed E-state index contributed by atoms with van der Waals surface area (Å²) in [6.45, 7) is 5.25. The number of benzene rings is 2. The quantitative estimate of drug-likeness (QED) is 0.366. The van der Waals surface area contributed by atoms with Crippen molar-refractivity contribution in [3.63, 3.8) is 0 Å². The summed E-state index contributed by atoms with van der Waals surface area (Å²) in [6.07, 6.45) is 1.48. The Kier molecular flexibility index (Phi) is 7.50. The number of amides is 1. The number of carbonyl (C=O) groups excluding carboxylic acids is 1. The summed E-state index contributed by atoms with van der Waals surface area (Å²) < 4.78 is 0. The maximum Gasteiger partial charge on any atom is 0.225 e. The number of rotatable bonds is 8. The minimum absolute atomic E-state index is 0.0609. The van der Waals surface area contributed by atoms with Gasteiger partial charge in [-0.15, -0.1) is 0 Å². The molecule has 3 N–H and O–H groups in total. The molecule has 6 heteroatoms. The minimum Gasteiger partial charge on any atom is -0.375 e. The van der Waals surface area contributed by atoms with E-state index in [0.717, 1.165) is 43.3 Å². The second-order valence-electron chi connectivity index (χ2n) is 7.29. The fraction of sp³-hybridized carbons (Fsp3) is 0.391. The molecule has 0 aliphatic carbocycles. The van der Waals surface area contributed by atoms with Crippen LogP contribution in [0.5, 0.6) is 0 Å². The van der Waals surface area contributed by atoms with Crippen LogP contribution in [0.4, 0.5) is 11.4 Å². The van der Waals surface area contributed by atoms with Crippen LogP contribution < -0.4 is 20.9 Å². The van der Waals surface area contributed by atoms with E-state index in [1.54, 1.807) is 0 Å². The third kappa shape index (κ3) is 5.98. The second-order valence-corrected chi connectivity index (χ2v) is 7.29. The highest BCUT2D eigenvalue weighted by atomic mass is 16.1. The van der Waals surface area contributed by atoms with E-state index in [4.69, 9.17) is 4.99 Å². The SMILES string of the molecule is CCNC(=NCC1CC(=O)Nc2ccccc21)NCCCN(C)c1ccccc1. The minimum atomic E-state index is 0.0609. The van der Waals surface area contributed by atoms with Crippen molar-refractivity contribution in [3.05, 3.63) is 60.2 Å². The van der Waals surface area contributed by atoms with Crippen molar-refractivity contribution in [2.75, 3.05) is 43.4 Å². The maximum absolute atomic E-state index is 12.0. The lowest BCUT2D eigenvalue weighted by Crippen LogP contribution is -2.39. The lowest BCUT2D eigenvalue weighted by Gasteiger charge is -2.24. The number of fused-ring (bicyclic) bond motifs is 1. The van der Waals surface area contributed by atoms with Gasteiger partial charge < -0.3 is 20.9 Å². The van der Waals surface area contributed by atoms with Crippen LogP contribution in [0.15, 0.2) is 59.6 Å². The van der Waals surface area contributed by atoms with Crippen LogP contribution in [0.1, 0.15) is 31.2 Å². The first-order chi connectivity index (χ1) is 14.2. The average Bonchev–Trinajstić information content (AvgIpc) is 2.75. The van der Waals surface area contributed by atoms with Gasteiger partial charge in [-0.3, -0.25) is 9.79 Å². The number of nitrogens with zero attached hydrogens (tertiary/aromatic N) is 2. The van der Waals surface area contributed by atoms with Gasteiger partial charge in [0.25, 0.3) is 0 Å². The lowest BCUT2D eigenvalue weighted by atomic mass is 9.91. The molecule has 1 aliphatic heterocycles.